The molecule has 0 radical (unpaired) electrons. The van der Waals surface area contributed by atoms with Crippen LogP contribution in [-0.2, 0) is 20.8 Å². The van der Waals surface area contributed by atoms with Gasteiger partial charge >= 0.3 is 6.09 Å². The molecule has 7 nitrogen and oxygen atoms in total. The number of carbonyl (C=O) groups is 2. The van der Waals surface area contributed by atoms with Gasteiger partial charge in [-0.05, 0) is 86.4 Å². The van der Waals surface area contributed by atoms with Crippen molar-refractivity contribution in [1.29, 1.82) is 0 Å². The van der Waals surface area contributed by atoms with E-state index in [0.29, 0.717) is 17.9 Å². The number of carbonyl (C=O) groups excluding carboxylic acids is 2. The molecule has 0 bridgehead atoms. The normalized spacial score (nSPS) is 14.9. The van der Waals surface area contributed by atoms with Crippen molar-refractivity contribution in [3.8, 4) is 11.1 Å². The molecule has 4 rings (SSSR count). The van der Waals surface area contributed by atoms with Crippen LogP contribution in [0.15, 0.2) is 109 Å². The molecule has 2 amide bonds. The Morgan fingerprint density at radius 3 is 2.25 bits per heavy atom. The number of ether oxygens (including phenoxy) is 2. The van der Waals surface area contributed by atoms with Gasteiger partial charge in [0.25, 0.3) is 5.91 Å². The number of hydrogen-bond donors (Lipinski definition) is 1. The van der Waals surface area contributed by atoms with Crippen molar-refractivity contribution in [1.82, 2.24) is 4.98 Å². The fraction of sp³-hybridized carbons (Fsp3) is 0.242. The number of aromatic nitrogens is 1. The van der Waals surface area contributed by atoms with Gasteiger partial charge in [0.15, 0.2) is 5.76 Å². The van der Waals surface area contributed by atoms with E-state index in [1.165, 1.54) is 7.11 Å². The monoisotopic (exact) mass is 537 g/mol. The maximum atomic E-state index is 13.9. The summed E-state index contributed by atoms with van der Waals surface area (Å²) in [5.41, 5.74) is 3.72. The van der Waals surface area contributed by atoms with E-state index < -0.39 is 11.7 Å². The van der Waals surface area contributed by atoms with Crippen molar-refractivity contribution < 1.29 is 19.1 Å². The van der Waals surface area contributed by atoms with Crippen LogP contribution >= 0.6 is 0 Å². The van der Waals surface area contributed by atoms with E-state index >= 15 is 0 Å². The molecule has 7 heteroatoms. The molecule has 1 aromatic heterocycles. The molecule has 0 saturated heterocycles. The van der Waals surface area contributed by atoms with Gasteiger partial charge in [-0.3, -0.25) is 15.1 Å². The molecule has 1 heterocycles. The molecular formula is C33H35N3O4. The minimum atomic E-state index is -0.605. The number of benzene rings is 2. The summed E-state index contributed by atoms with van der Waals surface area (Å²) in [6.07, 6.45) is 13.7. The van der Waals surface area contributed by atoms with Gasteiger partial charge in [0.1, 0.15) is 5.60 Å². The molecule has 1 aliphatic carbocycles. The molecule has 40 heavy (non-hydrogen) atoms. The van der Waals surface area contributed by atoms with Crippen molar-refractivity contribution in [3.63, 3.8) is 0 Å². The minimum absolute atomic E-state index is 0.0748. The van der Waals surface area contributed by atoms with E-state index in [1.54, 1.807) is 41.6 Å². The predicted octanol–water partition coefficient (Wildman–Crippen LogP) is 7.29. The zero-order valence-corrected chi connectivity index (χ0v) is 23.3. The first-order chi connectivity index (χ1) is 19.2. The smallest absolute Gasteiger partial charge is 0.412 e. The van der Waals surface area contributed by atoms with Gasteiger partial charge in [-0.2, -0.15) is 0 Å². The average molecular weight is 538 g/mol. The van der Waals surface area contributed by atoms with Gasteiger partial charge in [-0.1, -0.05) is 48.6 Å². The number of hydrogen-bond acceptors (Lipinski definition) is 5. The number of amides is 2. The Balaban J connectivity index is 1.59. The first-order valence-corrected chi connectivity index (χ1v) is 13.2. The van der Waals surface area contributed by atoms with Crippen LogP contribution in [0.25, 0.3) is 11.1 Å². The summed E-state index contributed by atoms with van der Waals surface area (Å²) in [7, 11) is 1.52. The number of pyridine rings is 1. The molecular weight excluding hydrogens is 502 g/mol. The Labute approximate surface area is 235 Å². The predicted molar refractivity (Wildman–Crippen MR) is 159 cm³/mol. The van der Waals surface area contributed by atoms with Crippen LogP contribution in [0.1, 0.15) is 32.8 Å². The molecule has 1 aliphatic rings. The number of allylic oxidation sites excluding steroid dienone is 5. The summed E-state index contributed by atoms with van der Waals surface area (Å²) < 4.78 is 10.9. The summed E-state index contributed by atoms with van der Waals surface area (Å²) in [6.45, 7) is 5.75. The van der Waals surface area contributed by atoms with E-state index in [1.807, 2.05) is 81.5 Å². The lowest BCUT2D eigenvalue weighted by molar-refractivity contribution is -0.118. The maximum Gasteiger partial charge on any atom is 0.412 e. The lowest BCUT2D eigenvalue weighted by atomic mass is 9.99. The summed E-state index contributed by atoms with van der Waals surface area (Å²) in [6, 6.07) is 19.1. The fourth-order valence-electron chi connectivity index (χ4n) is 4.23. The first-order valence-electron chi connectivity index (χ1n) is 13.2. The highest BCUT2D eigenvalue weighted by Crippen LogP contribution is 2.26. The Bertz CT molecular complexity index is 1390. The van der Waals surface area contributed by atoms with Gasteiger partial charge in [0.2, 0.25) is 0 Å². The van der Waals surface area contributed by atoms with E-state index in [9.17, 15) is 9.59 Å². The summed E-state index contributed by atoms with van der Waals surface area (Å²) in [5, 5.41) is 2.73. The van der Waals surface area contributed by atoms with Crippen LogP contribution in [0.2, 0.25) is 0 Å². The highest BCUT2D eigenvalue weighted by molar-refractivity contribution is 6.04. The summed E-state index contributed by atoms with van der Waals surface area (Å²) in [5.74, 6) is 0.0941. The van der Waals surface area contributed by atoms with Gasteiger partial charge in [-0.25, -0.2) is 4.79 Å². The van der Waals surface area contributed by atoms with Crippen LogP contribution in [-0.4, -0.2) is 29.7 Å². The molecule has 2 aromatic carbocycles. The second-order valence-corrected chi connectivity index (χ2v) is 10.4. The SMILES string of the molecule is CO/C(=C\C1C=CC=CC1)C(=O)N(Cc1ccc(-c2ccncc2)cc1)c1ccc(NC(=O)OC(C)(C)C)cc1. The molecule has 1 unspecified atom stereocenters. The zero-order valence-electron chi connectivity index (χ0n) is 23.3. The standard InChI is InChI=1S/C33H35N3O4/c1-33(2,3)40-32(38)35-28-14-16-29(17-15-28)36(31(37)30(39-4)22-24-8-6-5-7-9-24)23-25-10-12-26(13-11-25)27-18-20-34-21-19-27/h5-8,10-22,24H,9,23H2,1-4H3,(H,35,38)/b30-22-. The van der Waals surface area contributed by atoms with Crippen LogP contribution in [0, 0.1) is 5.92 Å². The molecule has 0 saturated carbocycles. The Morgan fingerprint density at radius 1 is 0.975 bits per heavy atom. The Kier molecular flexibility index (Phi) is 9.17. The second kappa shape index (κ2) is 12.9. The second-order valence-electron chi connectivity index (χ2n) is 10.4. The quantitative estimate of drug-likeness (QED) is 0.241. The molecule has 206 valence electrons. The fourth-order valence-corrected chi connectivity index (χ4v) is 4.23. The Morgan fingerprint density at radius 2 is 1.65 bits per heavy atom. The maximum absolute atomic E-state index is 13.9. The summed E-state index contributed by atoms with van der Waals surface area (Å²) >= 11 is 0. The third-order valence-corrected chi connectivity index (χ3v) is 6.19. The highest BCUT2D eigenvalue weighted by Gasteiger charge is 2.23. The molecule has 0 fully saturated rings. The molecule has 3 aromatic rings. The van der Waals surface area contributed by atoms with Gasteiger partial charge in [0, 0.05) is 29.7 Å². The van der Waals surface area contributed by atoms with Gasteiger partial charge in [0.05, 0.1) is 13.7 Å². The topological polar surface area (TPSA) is 80.8 Å². The highest BCUT2D eigenvalue weighted by atomic mass is 16.6. The van der Waals surface area contributed by atoms with E-state index in [4.69, 9.17) is 9.47 Å². The zero-order chi connectivity index (χ0) is 28.5. The van der Waals surface area contributed by atoms with Crippen molar-refractivity contribution in [2.24, 2.45) is 5.92 Å². The van der Waals surface area contributed by atoms with Crippen molar-refractivity contribution in [3.05, 3.63) is 115 Å². The van der Waals surface area contributed by atoms with Gasteiger partial charge in [-0.15, -0.1) is 0 Å². The van der Waals surface area contributed by atoms with Crippen molar-refractivity contribution in [2.45, 2.75) is 39.3 Å². The Hall–Kier alpha value is -4.65. The van der Waals surface area contributed by atoms with Crippen LogP contribution in [0.3, 0.4) is 0 Å². The third kappa shape index (κ3) is 7.93. The number of methoxy groups -OCH3 is 1. The lowest BCUT2D eigenvalue weighted by Crippen LogP contribution is -2.32. The molecule has 1 N–H and O–H groups in total. The third-order valence-electron chi connectivity index (χ3n) is 6.19. The largest absolute Gasteiger partial charge is 0.491 e. The van der Waals surface area contributed by atoms with Crippen LogP contribution in [0.5, 0.6) is 0 Å². The number of anilines is 2. The first kappa shape index (κ1) is 28.4. The van der Waals surface area contributed by atoms with Crippen LogP contribution in [0.4, 0.5) is 16.2 Å². The van der Waals surface area contributed by atoms with E-state index in [2.05, 4.69) is 16.4 Å². The molecule has 0 aliphatic heterocycles. The summed E-state index contributed by atoms with van der Waals surface area (Å²) in [4.78, 5) is 31.8. The molecule has 1 atom stereocenters. The molecule has 0 spiro atoms. The van der Waals surface area contributed by atoms with E-state index in [0.717, 1.165) is 23.1 Å². The van der Waals surface area contributed by atoms with Crippen molar-refractivity contribution >= 4 is 23.4 Å². The number of nitrogens with one attached hydrogen (secondary N) is 1. The average Bonchev–Trinajstić information content (AvgIpc) is 2.95. The lowest BCUT2D eigenvalue weighted by Gasteiger charge is -2.25. The van der Waals surface area contributed by atoms with Crippen LogP contribution < -0.4 is 10.2 Å². The minimum Gasteiger partial charge on any atom is -0.491 e. The number of nitrogens with zero attached hydrogens (tertiary/aromatic N) is 2. The van der Waals surface area contributed by atoms with E-state index in [-0.39, 0.29) is 17.6 Å². The van der Waals surface area contributed by atoms with Crippen molar-refractivity contribution in [2.75, 3.05) is 17.3 Å². The number of rotatable bonds is 8. The van der Waals surface area contributed by atoms with Gasteiger partial charge < -0.3 is 14.4 Å².